The smallest absolute Gasteiger partial charge is 0.195 e. The lowest BCUT2D eigenvalue weighted by molar-refractivity contribution is 0.157. The molecule has 1 aromatic carbocycles. The van der Waals surface area contributed by atoms with E-state index in [0.717, 1.165) is 36.5 Å². The molecule has 0 unspecified atom stereocenters. The third kappa shape index (κ3) is 5.94. The van der Waals surface area contributed by atoms with Crippen molar-refractivity contribution in [3.63, 3.8) is 0 Å². The van der Waals surface area contributed by atoms with Crippen LogP contribution in [0.25, 0.3) is 0 Å². The average Bonchev–Trinajstić information content (AvgIpc) is 2.75. The molecule has 2 aliphatic carbocycles. The summed E-state index contributed by atoms with van der Waals surface area (Å²) in [4.78, 5) is 0. The molecular formula is C26H36FN. The summed E-state index contributed by atoms with van der Waals surface area (Å²) in [5.41, 5.74) is 3.03. The van der Waals surface area contributed by atoms with Gasteiger partial charge in [-0.15, -0.1) is 0 Å². The first-order chi connectivity index (χ1) is 13.7. The molecule has 0 spiro atoms. The lowest BCUT2D eigenvalue weighted by Crippen LogP contribution is -2.25. The molecule has 0 radical (unpaired) electrons. The van der Waals surface area contributed by atoms with Crippen molar-refractivity contribution in [2.75, 3.05) is 0 Å². The molecule has 2 fully saturated rings. The van der Waals surface area contributed by atoms with Gasteiger partial charge in [-0.05, 0) is 98.7 Å². The van der Waals surface area contributed by atoms with Crippen LogP contribution in [-0.4, -0.2) is 0 Å². The van der Waals surface area contributed by atoms with Gasteiger partial charge < -0.3 is 0 Å². The van der Waals surface area contributed by atoms with Gasteiger partial charge in [0.15, 0.2) is 5.83 Å². The van der Waals surface area contributed by atoms with E-state index in [1.54, 1.807) is 11.6 Å². The molecule has 0 saturated heterocycles. The van der Waals surface area contributed by atoms with Crippen molar-refractivity contribution in [1.82, 2.24) is 0 Å². The molecule has 0 heterocycles. The van der Waals surface area contributed by atoms with Crippen LogP contribution in [0.4, 0.5) is 4.39 Å². The molecule has 1 nitrogen and oxygen atoms in total. The number of nitriles is 1. The minimum atomic E-state index is -0.620. The van der Waals surface area contributed by atoms with Crippen LogP contribution >= 0.6 is 0 Å². The lowest BCUT2D eigenvalue weighted by atomic mass is 9.68. The van der Waals surface area contributed by atoms with E-state index in [1.807, 2.05) is 0 Å². The minimum Gasteiger partial charge on any atom is -0.195 e. The Labute approximate surface area is 171 Å². The monoisotopic (exact) mass is 381 g/mol. The highest BCUT2D eigenvalue weighted by Crippen LogP contribution is 2.44. The van der Waals surface area contributed by atoms with E-state index < -0.39 is 5.83 Å². The Morgan fingerprint density at radius 3 is 2.18 bits per heavy atom. The third-order valence-electron chi connectivity index (χ3n) is 7.32. The lowest BCUT2D eigenvalue weighted by Gasteiger charge is -2.38. The van der Waals surface area contributed by atoms with Gasteiger partial charge in [-0.2, -0.15) is 9.65 Å². The van der Waals surface area contributed by atoms with Crippen LogP contribution in [-0.2, 0) is 6.42 Å². The summed E-state index contributed by atoms with van der Waals surface area (Å²) in [5.74, 6) is 2.72. The Bertz CT molecular complexity index is 653. The molecule has 28 heavy (non-hydrogen) atoms. The molecule has 2 saturated carbocycles. The first-order valence-electron chi connectivity index (χ1n) is 11.5. The third-order valence-corrected chi connectivity index (χ3v) is 7.32. The normalized spacial score (nSPS) is 28.7. The molecule has 0 bridgehead atoms. The standard InChI is InChI=1S/C26H36FN/c1-2-4-20-7-11-22(12-8-20)24-15-17-25(18-16-24)23-13-9-21(10-14-23)5-3-6-26(27)19-28/h6-8,11-12,21,23-25H,2-5,9-10,13-18H2,1H3/b26-6-. The maximum absolute atomic E-state index is 12.9. The van der Waals surface area contributed by atoms with Gasteiger partial charge in [0.2, 0.25) is 0 Å². The fourth-order valence-corrected chi connectivity index (χ4v) is 5.61. The van der Waals surface area contributed by atoms with E-state index in [4.69, 9.17) is 5.26 Å². The molecule has 152 valence electrons. The van der Waals surface area contributed by atoms with Gasteiger partial charge in [-0.3, -0.25) is 0 Å². The van der Waals surface area contributed by atoms with Crippen molar-refractivity contribution in [1.29, 1.82) is 5.26 Å². The summed E-state index contributed by atoms with van der Waals surface area (Å²) >= 11 is 0. The maximum atomic E-state index is 12.9. The summed E-state index contributed by atoms with van der Waals surface area (Å²) in [6.45, 7) is 2.24. The number of halogens is 1. The highest BCUT2D eigenvalue weighted by Gasteiger charge is 2.31. The van der Waals surface area contributed by atoms with Crippen LogP contribution in [0.3, 0.4) is 0 Å². The van der Waals surface area contributed by atoms with E-state index in [1.165, 1.54) is 75.8 Å². The largest absolute Gasteiger partial charge is 0.196 e. The van der Waals surface area contributed by atoms with Gasteiger partial charge in [0, 0.05) is 0 Å². The zero-order chi connectivity index (χ0) is 19.8. The second-order valence-corrected chi connectivity index (χ2v) is 9.13. The predicted molar refractivity (Wildman–Crippen MR) is 115 cm³/mol. The maximum Gasteiger partial charge on any atom is 0.196 e. The second kappa shape index (κ2) is 10.8. The molecule has 0 atom stereocenters. The molecule has 1 aromatic rings. The average molecular weight is 382 g/mol. The van der Waals surface area contributed by atoms with Gasteiger partial charge in [0.05, 0.1) is 0 Å². The zero-order valence-corrected chi connectivity index (χ0v) is 17.5. The van der Waals surface area contributed by atoms with Crippen molar-refractivity contribution in [2.45, 2.75) is 89.9 Å². The number of aryl methyl sites for hydroxylation is 1. The van der Waals surface area contributed by atoms with E-state index in [-0.39, 0.29) is 0 Å². The Hall–Kier alpha value is -1.62. The molecule has 0 aliphatic heterocycles. The molecule has 2 heteroatoms. The van der Waals surface area contributed by atoms with Crippen molar-refractivity contribution in [3.8, 4) is 6.07 Å². The Balaban J connectivity index is 1.39. The van der Waals surface area contributed by atoms with Crippen LogP contribution in [0.5, 0.6) is 0 Å². The van der Waals surface area contributed by atoms with Gasteiger partial charge in [-0.25, -0.2) is 0 Å². The highest BCUT2D eigenvalue weighted by atomic mass is 19.1. The van der Waals surface area contributed by atoms with E-state index >= 15 is 0 Å². The molecule has 2 aliphatic rings. The number of hydrogen-bond acceptors (Lipinski definition) is 1. The Kier molecular flexibility index (Phi) is 8.13. The summed E-state index contributed by atoms with van der Waals surface area (Å²) < 4.78 is 12.9. The molecule has 0 aromatic heterocycles. The number of hydrogen-bond donors (Lipinski definition) is 0. The van der Waals surface area contributed by atoms with Gasteiger partial charge >= 0.3 is 0 Å². The molecule has 3 rings (SSSR count). The SMILES string of the molecule is CCCc1ccc(C2CCC(C3CCC(CC/C=C(\F)C#N)CC3)CC2)cc1. The first-order valence-corrected chi connectivity index (χ1v) is 11.5. The van der Waals surface area contributed by atoms with Gasteiger partial charge in [0.25, 0.3) is 0 Å². The van der Waals surface area contributed by atoms with Crippen LogP contribution in [0.1, 0.15) is 94.6 Å². The molecule has 0 amide bonds. The predicted octanol–water partition coefficient (Wildman–Crippen LogP) is 7.88. The van der Waals surface area contributed by atoms with Crippen molar-refractivity contribution in [3.05, 3.63) is 47.3 Å². The number of nitrogens with zero attached hydrogens (tertiary/aromatic N) is 1. The fraction of sp³-hybridized carbons (Fsp3) is 0.654. The summed E-state index contributed by atoms with van der Waals surface area (Å²) in [7, 11) is 0. The van der Waals surface area contributed by atoms with E-state index in [0.29, 0.717) is 0 Å². The topological polar surface area (TPSA) is 23.8 Å². The highest BCUT2D eigenvalue weighted by molar-refractivity contribution is 5.26. The van der Waals surface area contributed by atoms with Crippen LogP contribution in [0.15, 0.2) is 36.2 Å². The Morgan fingerprint density at radius 1 is 1.00 bits per heavy atom. The van der Waals surface area contributed by atoms with Crippen LogP contribution in [0.2, 0.25) is 0 Å². The number of allylic oxidation sites excluding steroid dienone is 2. The van der Waals surface area contributed by atoms with Crippen molar-refractivity contribution < 1.29 is 4.39 Å². The fourth-order valence-electron chi connectivity index (χ4n) is 5.61. The number of benzene rings is 1. The van der Waals surface area contributed by atoms with Gasteiger partial charge in [-0.1, -0.05) is 50.5 Å². The van der Waals surface area contributed by atoms with Crippen molar-refractivity contribution in [2.24, 2.45) is 17.8 Å². The summed E-state index contributed by atoms with van der Waals surface area (Å²) in [5, 5.41) is 8.48. The van der Waals surface area contributed by atoms with Gasteiger partial charge in [0.1, 0.15) is 6.07 Å². The zero-order valence-electron chi connectivity index (χ0n) is 17.5. The summed E-state index contributed by atoms with van der Waals surface area (Å²) in [6.07, 6.45) is 16.5. The van der Waals surface area contributed by atoms with Crippen molar-refractivity contribution >= 4 is 0 Å². The quantitative estimate of drug-likeness (QED) is 0.441. The Morgan fingerprint density at radius 2 is 1.61 bits per heavy atom. The van der Waals surface area contributed by atoms with Crippen LogP contribution in [0, 0.1) is 29.1 Å². The summed E-state index contributed by atoms with van der Waals surface area (Å²) in [6, 6.07) is 11.0. The van der Waals surface area contributed by atoms with E-state index in [2.05, 4.69) is 31.2 Å². The van der Waals surface area contributed by atoms with Crippen LogP contribution < -0.4 is 0 Å². The molecule has 0 N–H and O–H groups in total. The molecular weight excluding hydrogens is 345 g/mol. The van der Waals surface area contributed by atoms with E-state index in [9.17, 15) is 4.39 Å². The number of rotatable bonds is 7. The second-order valence-electron chi connectivity index (χ2n) is 9.13. The minimum absolute atomic E-state index is 0.620. The first kappa shape index (κ1) is 21.1.